The molecule has 1 fully saturated rings. The Morgan fingerprint density at radius 1 is 1.44 bits per heavy atom. The highest BCUT2D eigenvalue weighted by molar-refractivity contribution is 5.27. The van der Waals surface area contributed by atoms with Gasteiger partial charge in [-0.25, -0.2) is 0 Å². The van der Waals surface area contributed by atoms with E-state index in [1.807, 2.05) is 13.0 Å². The van der Waals surface area contributed by atoms with Gasteiger partial charge in [0.2, 0.25) is 0 Å². The van der Waals surface area contributed by atoms with Crippen molar-refractivity contribution in [2.45, 2.75) is 45.3 Å². The lowest BCUT2D eigenvalue weighted by Gasteiger charge is -2.22. The molecule has 0 aromatic carbocycles. The van der Waals surface area contributed by atoms with Gasteiger partial charge in [-0.15, -0.1) is 0 Å². The van der Waals surface area contributed by atoms with Gasteiger partial charge in [-0.2, -0.15) is 0 Å². The van der Waals surface area contributed by atoms with Crippen molar-refractivity contribution in [3.05, 3.63) is 23.5 Å². The van der Waals surface area contributed by atoms with Crippen molar-refractivity contribution in [2.75, 3.05) is 13.2 Å². The number of rotatable bonds is 5. The van der Waals surface area contributed by atoms with Crippen molar-refractivity contribution in [1.82, 2.24) is 10.3 Å². The molecule has 0 aliphatic carbocycles. The Balaban J connectivity index is 1.69. The Hall–Kier alpha value is -1.13. The summed E-state index contributed by atoms with van der Waals surface area (Å²) in [7, 11) is 0. The molecule has 1 aromatic heterocycles. The molecule has 2 N–H and O–H groups in total. The summed E-state index contributed by atoms with van der Waals surface area (Å²) in [5.41, 5.74) is 1.65. The number of aromatic nitrogens is 1. The average molecular weight is 250 g/mol. The van der Waals surface area contributed by atoms with Crippen LogP contribution >= 0.6 is 0 Å². The van der Waals surface area contributed by atoms with Crippen LogP contribution in [0.4, 0.5) is 0 Å². The minimum atomic E-state index is 0.266. The molecule has 0 amide bonds. The first kappa shape index (κ1) is 13.3. The lowest BCUT2D eigenvalue weighted by molar-refractivity contribution is 0.0115. The van der Waals surface area contributed by atoms with Crippen molar-refractivity contribution in [3.63, 3.8) is 0 Å². The van der Waals surface area contributed by atoms with Crippen LogP contribution < -0.4 is 5.32 Å². The number of hydrogen-bond acceptors (Lipinski definition) is 4. The Morgan fingerprint density at radius 3 is 3.11 bits per heavy atom. The molecule has 0 bridgehead atoms. The van der Waals surface area contributed by atoms with E-state index < -0.39 is 0 Å². The van der Waals surface area contributed by atoms with Crippen LogP contribution in [0.2, 0.25) is 0 Å². The fourth-order valence-electron chi connectivity index (χ4n) is 2.24. The van der Waals surface area contributed by atoms with Gasteiger partial charge in [0.1, 0.15) is 5.75 Å². The molecule has 0 spiro atoms. The zero-order valence-electron chi connectivity index (χ0n) is 11.0. The standard InChI is InChI=1S/C14H22N2O2/c1-11-5-6-14(17)13(16-11)10-15-8-7-12-4-2-3-9-18-12/h5-6,12,15,17H,2-4,7-10H2,1H3. The molecule has 4 heteroatoms. The fraction of sp³-hybridized carbons (Fsp3) is 0.643. The number of nitrogens with zero attached hydrogens (tertiary/aromatic N) is 1. The smallest absolute Gasteiger partial charge is 0.138 e. The van der Waals surface area contributed by atoms with E-state index in [9.17, 15) is 5.11 Å². The van der Waals surface area contributed by atoms with Crippen molar-refractivity contribution in [2.24, 2.45) is 0 Å². The second-order valence-electron chi connectivity index (χ2n) is 4.87. The van der Waals surface area contributed by atoms with Crippen LogP contribution in [-0.4, -0.2) is 29.3 Å². The van der Waals surface area contributed by atoms with Gasteiger partial charge < -0.3 is 15.2 Å². The lowest BCUT2D eigenvalue weighted by atomic mass is 10.1. The summed E-state index contributed by atoms with van der Waals surface area (Å²) in [6.07, 6.45) is 5.10. The Kier molecular flexibility index (Phi) is 4.96. The molecule has 2 rings (SSSR count). The van der Waals surface area contributed by atoms with Crippen molar-refractivity contribution in [1.29, 1.82) is 0 Å². The highest BCUT2D eigenvalue weighted by Gasteiger charge is 2.13. The van der Waals surface area contributed by atoms with Crippen molar-refractivity contribution in [3.8, 4) is 5.75 Å². The second-order valence-corrected chi connectivity index (χ2v) is 4.87. The van der Waals surface area contributed by atoms with Crippen LogP contribution in [0.3, 0.4) is 0 Å². The van der Waals surface area contributed by atoms with E-state index in [1.165, 1.54) is 19.3 Å². The molecule has 1 atom stereocenters. The molecule has 0 radical (unpaired) electrons. The predicted molar refractivity (Wildman–Crippen MR) is 70.6 cm³/mol. The molecule has 18 heavy (non-hydrogen) atoms. The summed E-state index contributed by atoms with van der Waals surface area (Å²) in [5, 5.41) is 13.0. The highest BCUT2D eigenvalue weighted by Crippen LogP contribution is 2.16. The number of aromatic hydroxyl groups is 1. The van der Waals surface area contributed by atoms with E-state index in [1.54, 1.807) is 6.07 Å². The molecule has 1 aliphatic rings. The molecule has 1 saturated heterocycles. The number of nitrogens with one attached hydrogen (secondary N) is 1. The maximum Gasteiger partial charge on any atom is 0.138 e. The first-order valence-corrected chi connectivity index (χ1v) is 6.73. The van der Waals surface area contributed by atoms with E-state index in [0.29, 0.717) is 12.6 Å². The van der Waals surface area contributed by atoms with E-state index >= 15 is 0 Å². The van der Waals surface area contributed by atoms with Crippen LogP contribution in [0.25, 0.3) is 0 Å². The van der Waals surface area contributed by atoms with Gasteiger partial charge in [-0.05, 0) is 51.3 Å². The van der Waals surface area contributed by atoms with Crippen LogP contribution in [0, 0.1) is 6.92 Å². The maximum atomic E-state index is 9.66. The van der Waals surface area contributed by atoms with E-state index in [0.717, 1.165) is 31.0 Å². The Bertz CT molecular complexity index is 376. The SMILES string of the molecule is Cc1ccc(O)c(CNCCC2CCCCO2)n1. The molecule has 1 unspecified atom stereocenters. The predicted octanol–water partition coefficient (Wildman–Crippen LogP) is 2.14. The van der Waals surface area contributed by atoms with Crippen LogP contribution in [0.15, 0.2) is 12.1 Å². The van der Waals surface area contributed by atoms with Crippen LogP contribution in [0.5, 0.6) is 5.75 Å². The fourth-order valence-corrected chi connectivity index (χ4v) is 2.24. The molecule has 1 aromatic rings. The molecule has 2 heterocycles. The minimum Gasteiger partial charge on any atom is -0.506 e. The van der Waals surface area contributed by atoms with Crippen LogP contribution in [0.1, 0.15) is 37.1 Å². The normalized spacial score (nSPS) is 19.9. The summed E-state index contributed by atoms with van der Waals surface area (Å²) in [4.78, 5) is 4.31. The Labute approximate surface area is 108 Å². The number of ether oxygens (including phenoxy) is 1. The van der Waals surface area contributed by atoms with Gasteiger partial charge >= 0.3 is 0 Å². The largest absolute Gasteiger partial charge is 0.506 e. The third-order valence-corrected chi connectivity index (χ3v) is 3.30. The quantitative estimate of drug-likeness (QED) is 0.786. The zero-order chi connectivity index (χ0) is 12.8. The van der Waals surface area contributed by atoms with E-state index in [4.69, 9.17) is 4.74 Å². The van der Waals surface area contributed by atoms with Gasteiger partial charge in [-0.1, -0.05) is 0 Å². The number of hydrogen-bond donors (Lipinski definition) is 2. The molecule has 100 valence electrons. The molecular formula is C14H22N2O2. The monoisotopic (exact) mass is 250 g/mol. The first-order valence-electron chi connectivity index (χ1n) is 6.73. The van der Waals surface area contributed by atoms with Gasteiger partial charge in [0.05, 0.1) is 11.8 Å². The summed E-state index contributed by atoms with van der Waals surface area (Å²) >= 11 is 0. The van der Waals surface area contributed by atoms with Crippen LogP contribution in [-0.2, 0) is 11.3 Å². The summed E-state index contributed by atoms with van der Waals surface area (Å²) in [6, 6.07) is 3.51. The molecule has 1 aliphatic heterocycles. The Morgan fingerprint density at radius 2 is 2.33 bits per heavy atom. The molecule has 4 nitrogen and oxygen atoms in total. The van der Waals surface area contributed by atoms with Gasteiger partial charge in [-0.3, -0.25) is 4.98 Å². The number of pyridine rings is 1. The summed E-state index contributed by atoms with van der Waals surface area (Å²) in [5.74, 6) is 0.266. The summed E-state index contributed by atoms with van der Waals surface area (Å²) < 4.78 is 5.67. The highest BCUT2D eigenvalue weighted by atomic mass is 16.5. The average Bonchev–Trinajstić information content (AvgIpc) is 2.40. The minimum absolute atomic E-state index is 0.266. The molecular weight excluding hydrogens is 228 g/mol. The third kappa shape index (κ3) is 3.96. The lowest BCUT2D eigenvalue weighted by Crippen LogP contribution is -2.25. The third-order valence-electron chi connectivity index (χ3n) is 3.30. The number of aryl methyl sites for hydroxylation is 1. The first-order chi connectivity index (χ1) is 8.75. The topological polar surface area (TPSA) is 54.4 Å². The molecule has 0 saturated carbocycles. The van der Waals surface area contributed by atoms with Gasteiger partial charge in [0.15, 0.2) is 0 Å². The maximum absolute atomic E-state index is 9.66. The van der Waals surface area contributed by atoms with E-state index in [-0.39, 0.29) is 5.75 Å². The van der Waals surface area contributed by atoms with Gasteiger partial charge in [0, 0.05) is 18.8 Å². The summed E-state index contributed by atoms with van der Waals surface area (Å²) in [6.45, 7) is 4.35. The van der Waals surface area contributed by atoms with Crippen molar-refractivity contribution >= 4 is 0 Å². The van der Waals surface area contributed by atoms with E-state index in [2.05, 4.69) is 10.3 Å². The second kappa shape index (κ2) is 6.71. The van der Waals surface area contributed by atoms with Gasteiger partial charge in [0.25, 0.3) is 0 Å². The zero-order valence-corrected chi connectivity index (χ0v) is 11.0. The van der Waals surface area contributed by atoms with Crippen molar-refractivity contribution < 1.29 is 9.84 Å².